The fraction of sp³-hybridized carbons (Fsp3) is 0.300. The van der Waals surface area contributed by atoms with E-state index in [0.29, 0.717) is 31.7 Å². The first-order valence-electron chi connectivity index (χ1n) is 9.41. The van der Waals surface area contributed by atoms with Gasteiger partial charge in [-0.15, -0.1) is 0 Å². The number of nitro groups is 1. The molecule has 1 aliphatic heterocycles. The fourth-order valence-corrected chi connectivity index (χ4v) is 3.56. The molecule has 2 heterocycles. The lowest BCUT2D eigenvalue weighted by molar-refractivity contribution is -0.384. The van der Waals surface area contributed by atoms with Gasteiger partial charge in [0.25, 0.3) is 5.69 Å². The van der Waals surface area contributed by atoms with Crippen LogP contribution in [0.2, 0.25) is 0 Å². The predicted molar refractivity (Wildman–Crippen MR) is 109 cm³/mol. The number of methoxy groups -OCH3 is 1. The van der Waals surface area contributed by atoms with Crippen LogP contribution in [0.4, 0.5) is 11.4 Å². The van der Waals surface area contributed by atoms with E-state index in [0.717, 1.165) is 11.4 Å². The summed E-state index contributed by atoms with van der Waals surface area (Å²) in [7, 11) is 1.62. The molecule has 0 spiro atoms. The van der Waals surface area contributed by atoms with Gasteiger partial charge in [-0.05, 0) is 30.3 Å². The van der Waals surface area contributed by atoms with Gasteiger partial charge in [-0.2, -0.15) is 0 Å². The minimum absolute atomic E-state index is 0.0892. The van der Waals surface area contributed by atoms with Gasteiger partial charge in [-0.1, -0.05) is 0 Å². The first-order chi connectivity index (χ1) is 14.5. The molecule has 1 aliphatic rings. The van der Waals surface area contributed by atoms with Gasteiger partial charge in [0, 0.05) is 37.9 Å². The minimum Gasteiger partial charge on any atom is -0.497 e. The number of rotatable bonds is 5. The van der Waals surface area contributed by atoms with Gasteiger partial charge in [-0.25, -0.2) is 4.79 Å². The summed E-state index contributed by atoms with van der Waals surface area (Å²) in [5.74, 6) is -0.126. The van der Waals surface area contributed by atoms with Gasteiger partial charge in [-0.3, -0.25) is 19.5 Å². The quantitative estimate of drug-likeness (QED) is 0.464. The van der Waals surface area contributed by atoms with E-state index in [4.69, 9.17) is 9.15 Å². The third kappa shape index (κ3) is 3.71. The van der Waals surface area contributed by atoms with Crippen LogP contribution in [0.25, 0.3) is 11.1 Å². The highest BCUT2D eigenvalue weighted by Gasteiger charge is 2.23. The van der Waals surface area contributed by atoms with Gasteiger partial charge in [0.05, 0.1) is 23.6 Å². The van der Waals surface area contributed by atoms with Crippen molar-refractivity contribution in [3.8, 4) is 5.75 Å². The molecule has 10 heteroatoms. The molecule has 0 atom stereocenters. The number of benzene rings is 2. The number of hydrogen-bond acceptors (Lipinski definition) is 7. The maximum absolute atomic E-state index is 12.7. The van der Waals surface area contributed by atoms with E-state index >= 15 is 0 Å². The van der Waals surface area contributed by atoms with Crippen molar-refractivity contribution in [2.24, 2.45) is 0 Å². The van der Waals surface area contributed by atoms with E-state index in [1.165, 1.54) is 22.8 Å². The number of nitro benzene ring substituents is 1. The lowest BCUT2D eigenvalue weighted by Crippen LogP contribution is -2.50. The van der Waals surface area contributed by atoms with Gasteiger partial charge >= 0.3 is 5.76 Å². The Bertz CT molecular complexity index is 1140. The molecule has 0 unspecified atom stereocenters. The summed E-state index contributed by atoms with van der Waals surface area (Å²) in [5, 5.41) is 10.9. The summed E-state index contributed by atoms with van der Waals surface area (Å²) in [6.45, 7) is 2.23. The molecule has 1 aromatic heterocycles. The third-order valence-electron chi connectivity index (χ3n) is 5.23. The van der Waals surface area contributed by atoms with E-state index in [2.05, 4.69) is 4.90 Å². The Morgan fingerprint density at radius 2 is 1.83 bits per heavy atom. The summed E-state index contributed by atoms with van der Waals surface area (Å²) in [6, 6.07) is 11.6. The molecule has 0 bridgehead atoms. The van der Waals surface area contributed by atoms with Crippen molar-refractivity contribution in [1.29, 1.82) is 0 Å². The van der Waals surface area contributed by atoms with Crippen molar-refractivity contribution in [3.63, 3.8) is 0 Å². The zero-order valence-corrected chi connectivity index (χ0v) is 16.3. The van der Waals surface area contributed by atoms with Gasteiger partial charge in [0.2, 0.25) is 5.91 Å². The summed E-state index contributed by atoms with van der Waals surface area (Å²) in [5.41, 5.74) is 1.33. The van der Waals surface area contributed by atoms with Crippen molar-refractivity contribution < 1.29 is 18.9 Å². The number of nitrogens with zero attached hydrogens (tertiary/aromatic N) is 4. The summed E-state index contributed by atoms with van der Waals surface area (Å²) in [6.07, 6.45) is 0. The molecule has 0 saturated carbocycles. The number of ether oxygens (including phenoxy) is 1. The number of aromatic nitrogens is 1. The normalized spacial score (nSPS) is 14.2. The monoisotopic (exact) mass is 412 g/mol. The van der Waals surface area contributed by atoms with Crippen molar-refractivity contribution in [3.05, 3.63) is 63.1 Å². The second kappa shape index (κ2) is 7.90. The molecule has 156 valence electrons. The highest BCUT2D eigenvalue weighted by atomic mass is 16.6. The number of oxazole rings is 1. The third-order valence-corrected chi connectivity index (χ3v) is 5.23. The molecule has 2 aromatic carbocycles. The van der Waals surface area contributed by atoms with E-state index < -0.39 is 10.7 Å². The maximum Gasteiger partial charge on any atom is 0.420 e. The molecular formula is C20H20N4O6. The van der Waals surface area contributed by atoms with E-state index in [9.17, 15) is 19.7 Å². The molecule has 3 aromatic rings. The molecule has 1 amide bonds. The first-order valence-corrected chi connectivity index (χ1v) is 9.41. The highest BCUT2D eigenvalue weighted by molar-refractivity contribution is 5.81. The summed E-state index contributed by atoms with van der Waals surface area (Å²) in [4.78, 5) is 39.1. The van der Waals surface area contributed by atoms with Crippen LogP contribution in [0.5, 0.6) is 5.75 Å². The number of amides is 1. The Morgan fingerprint density at radius 1 is 1.13 bits per heavy atom. The van der Waals surface area contributed by atoms with Crippen molar-refractivity contribution >= 4 is 28.4 Å². The largest absolute Gasteiger partial charge is 0.497 e. The molecule has 0 radical (unpaired) electrons. The second-order valence-corrected chi connectivity index (χ2v) is 6.93. The van der Waals surface area contributed by atoms with Crippen LogP contribution in [0.3, 0.4) is 0 Å². The Kier molecular flexibility index (Phi) is 5.13. The zero-order chi connectivity index (χ0) is 21.3. The molecule has 1 fully saturated rings. The standard InChI is InChI=1S/C20H20N4O6/c1-29-16-5-2-14(3-6-16)21-8-10-22(11-9-21)19(25)13-23-17-7-4-15(24(27)28)12-18(17)30-20(23)26/h2-7,12H,8-11,13H2,1H3. The Labute approximate surface area is 171 Å². The molecule has 30 heavy (non-hydrogen) atoms. The van der Waals surface area contributed by atoms with Gasteiger partial charge < -0.3 is 19.0 Å². The van der Waals surface area contributed by atoms with E-state index in [-0.39, 0.29) is 23.7 Å². The molecule has 1 saturated heterocycles. The topological polar surface area (TPSA) is 111 Å². The molecular weight excluding hydrogens is 392 g/mol. The predicted octanol–water partition coefficient (Wildman–Crippen LogP) is 1.86. The van der Waals surface area contributed by atoms with Crippen molar-refractivity contribution in [1.82, 2.24) is 9.47 Å². The van der Waals surface area contributed by atoms with Crippen LogP contribution in [-0.4, -0.2) is 53.6 Å². The van der Waals surface area contributed by atoms with Crippen LogP contribution in [-0.2, 0) is 11.3 Å². The second-order valence-electron chi connectivity index (χ2n) is 6.93. The number of hydrogen-bond donors (Lipinski definition) is 0. The smallest absolute Gasteiger partial charge is 0.420 e. The number of carbonyl (C=O) groups excluding carboxylic acids is 1. The number of carbonyl (C=O) groups is 1. The highest BCUT2D eigenvalue weighted by Crippen LogP contribution is 2.22. The number of piperazine rings is 1. The fourth-order valence-electron chi connectivity index (χ4n) is 3.56. The zero-order valence-electron chi connectivity index (χ0n) is 16.3. The van der Waals surface area contributed by atoms with Crippen LogP contribution in [0.15, 0.2) is 51.7 Å². The Morgan fingerprint density at radius 3 is 2.47 bits per heavy atom. The van der Waals surface area contributed by atoms with Gasteiger partial charge in [0.1, 0.15) is 12.3 Å². The average Bonchev–Trinajstić information content (AvgIpc) is 3.08. The van der Waals surface area contributed by atoms with E-state index in [1.807, 2.05) is 24.3 Å². The van der Waals surface area contributed by atoms with Crippen LogP contribution < -0.4 is 15.4 Å². The van der Waals surface area contributed by atoms with E-state index in [1.54, 1.807) is 12.0 Å². The molecule has 10 nitrogen and oxygen atoms in total. The van der Waals surface area contributed by atoms with Crippen LogP contribution in [0.1, 0.15) is 0 Å². The van der Waals surface area contributed by atoms with Gasteiger partial charge in [0.15, 0.2) is 5.58 Å². The SMILES string of the molecule is COc1ccc(N2CCN(C(=O)Cn3c(=O)oc4cc([N+](=O)[O-])ccc43)CC2)cc1. The summed E-state index contributed by atoms with van der Waals surface area (Å²) >= 11 is 0. The Hall–Kier alpha value is -3.82. The van der Waals surface area contributed by atoms with Crippen LogP contribution >= 0.6 is 0 Å². The first kappa shape index (κ1) is 19.5. The number of anilines is 1. The van der Waals surface area contributed by atoms with Crippen LogP contribution in [0, 0.1) is 10.1 Å². The lowest BCUT2D eigenvalue weighted by Gasteiger charge is -2.36. The molecule has 0 aliphatic carbocycles. The maximum atomic E-state index is 12.7. The van der Waals surface area contributed by atoms with Crippen molar-refractivity contribution in [2.75, 3.05) is 38.2 Å². The number of non-ortho nitro benzene ring substituents is 1. The average molecular weight is 412 g/mol. The Balaban J connectivity index is 1.43. The minimum atomic E-state index is -0.712. The lowest BCUT2D eigenvalue weighted by atomic mass is 10.2. The number of fused-ring (bicyclic) bond motifs is 1. The summed E-state index contributed by atoms with van der Waals surface area (Å²) < 4.78 is 11.5. The molecule has 0 N–H and O–H groups in total. The molecule has 4 rings (SSSR count). The van der Waals surface area contributed by atoms with Crippen molar-refractivity contribution in [2.45, 2.75) is 6.54 Å².